The van der Waals surface area contributed by atoms with E-state index in [4.69, 9.17) is 22.7 Å². The van der Waals surface area contributed by atoms with Crippen LogP contribution in [0.3, 0.4) is 0 Å². The molecule has 1 heterocycles. The number of hydrogen-bond acceptors (Lipinski definition) is 4. The third-order valence-corrected chi connectivity index (χ3v) is 3.93. The summed E-state index contributed by atoms with van der Waals surface area (Å²) in [7, 11) is 1.53. The Bertz CT molecular complexity index is 665. The Morgan fingerprint density at radius 3 is 2.65 bits per heavy atom. The molecule has 0 aliphatic rings. The van der Waals surface area contributed by atoms with E-state index in [0.717, 1.165) is 4.88 Å². The minimum atomic E-state index is -0.163. The molecule has 0 saturated heterocycles. The molecule has 2 aromatic rings. The number of nitrogens with one attached hydrogen (secondary N) is 1. The number of thiophene rings is 1. The number of ether oxygens (including phenoxy) is 1. The molecule has 4 nitrogen and oxygen atoms in total. The number of carbonyl (C=O) groups is 1. The third kappa shape index (κ3) is 3.15. The predicted molar refractivity (Wildman–Crippen MR) is 85.9 cm³/mol. The summed E-state index contributed by atoms with van der Waals surface area (Å²) in [6.07, 6.45) is 0. The first-order valence-corrected chi connectivity index (χ1v) is 7.09. The number of thiocarbonyl (C=S) groups is 1. The smallest absolute Gasteiger partial charge is 0.265 e. The third-order valence-electron chi connectivity index (χ3n) is 2.70. The Hall–Kier alpha value is -1.92. The molecule has 2 rings (SSSR count). The summed E-state index contributed by atoms with van der Waals surface area (Å²) in [5, 5.41) is 2.82. The van der Waals surface area contributed by atoms with E-state index in [1.165, 1.54) is 18.4 Å². The van der Waals surface area contributed by atoms with Crippen LogP contribution in [0.1, 0.15) is 20.1 Å². The van der Waals surface area contributed by atoms with Gasteiger partial charge in [0.25, 0.3) is 5.91 Å². The summed E-state index contributed by atoms with van der Waals surface area (Å²) in [4.78, 5) is 14.1. The highest BCUT2D eigenvalue weighted by molar-refractivity contribution is 7.80. The van der Waals surface area contributed by atoms with Crippen LogP contribution >= 0.6 is 23.6 Å². The summed E-state index contributed by atoms with van der Waals surface area (Å²) < 4.78 is 5.25. The lowest BCUT2D eigenvalue weighted by atomic mass is 10.2. The van der Waals surface area contributed by atoms with Gasteiger partial charge in [0, 0.05) is 10.4 Å². The summed E-state index contributed by atoms with van der Waals surface area (Å²) in [6.45, 7) is 1.96. The molecule has 0 radical (unpaired) electrons. The number of amides is 1. The highest BCUT2D eigenvalue weighted by atomic mass is 32.1. The van der Waals surface area contributed by atoms with Crippen LogP contribution in [0, 0.1) is 6.92 Å². The molecular weight excluding hydrogens is 292 g/mol. The van der Waals surface area contributed by atoms with Gasteiger partial charge in [-0.25, -0.2) is 0 Å². The van der Waals surface area contributed by atoms with Crippen LogP contribution in [-0.2, 0) is 0 Å². The summed E-state index contributed by atoms with van der Waals surface area (Å²) in [5.41, 5.74) is 6.86. The Labute approximate surface area is 126 Å². The van der Waals surface area contributed by atoms with Gasteiger partial charge in [-0.05, 0) is 37.3 Å². The fourth-order valence-electron chi connectivity index (χ4n) is 1.69. The van der Waals surface area contributed by atoms with E-state index < -0.39 is 0 Å². The van der Waals surface area contributed by atoms with Crippen LogP contribution in [0.2, 0.25) is 0 Å². The maximum absolute atomic E-state index is 12.1. The van der Waals surface area contributed by atoms with Gasteiger partial charge in [0.1, 0.15) is 10.7 Å². The van der Waals surface area contributed by atoms with E-state index >= 15 is 0 Å². The summed E-state index contributed by atoms with van der Waals surface area (Å²) in [5.74, 6) is 0.362. The number of benzene rings is 1. The van der Waals surface area contributed by atoms with Crippen LogP contribution < -0.4 is 15.8 Å². The predicted octanol–water partition coefficient (Wildman–Crippen LogP) is 2.95. The van der Waals surface area contributed by atoms with Crippen LogP contribution in [0.5, 0.6) is 5.75 Å². The maximum atomic E-state index is 12.1. The first-order chi connectivity index (χ1) is 9.51. The Morgan fingerprint density at radius 1 is 1.35 bits per heavy atom. The SMILES string of the molecule is COc1cc(C(N)=S)ccc1NC(=O)c1ccc(C)s1. The van der Waals surface area contributed by atoms with E-state index in [2.05, 4.69) is 5.32 Å². The second-order valence-electron chi connectivity index (χ2n) is 4.14. The van der Waals surface area contributed by atoms with Crippen LogP contribution in [0.15, 0.2) is 30.3 Å². The molecule has 0 fully saturated rings. The number of anilines is 1. The normalized spacial score (nSPS) is 10.1. The fourth-order valence-corrected chi connectivity index (χ4v) is 2.58. The number of carbonyl (C=O) groups excluding carboxylic acids is 1. The number of hydrogen-bond donors (Lipinski definition) is 2. The van der Waals surface area contributed by atoms with E-state index in [1.54, 1.807) is 24.3 Å². The van der Waals surface area contributed by atoms with Crippen molar-refractivity contribution in [2.45, 2.75) is 6.92 Å². The molecule has 0 saturated carbocycles. The Morgan fingerprint density at radius 2 is 2.10 bits per heavy atom. The van der Waals surface area contributed by atoms with Crippen LogP contribution in [0.4, 0.5) is 5.69 Å². The topological polar surface area (TPSA) is 64.3 Å². The van der Waals surface area contributed by atoms with Crippen molar-refractivity contribution in [2.75, 3.05) is 12.4 Å². The van der Waals surface area contributed by atoms with Gasteiger partial charge in [-0.3, -0.25) is 4.79 Å². The van der Waals surface area contributed by atoms with Gasteiger partial charge in [-0.1, -0.05) is 12.2 Å². The van der Waals surface area contributed by atoms with E-state index in [9.17, 15) is 4.79 Å². The molecule has 0 atom stereocenters. The molecule has 1 amide bonds. The van der Waals surface area contributed by atoms with Crippen molar-refractivity contribution in [1.29, 1.82) is 0 Å². The summed E-state index contributed by atoms with van der Waals surface area (Å²) >= 11 is 6.36. The average molecular weight is 306 g/mol. The Kier molecular flexibility index (Phi) is 4.36. The molecule has 104 valence electrons. The van der Waals surface area contributed by atoms with E-state index in [-0.39, 0.29) is 10.9 Å². The number of aryl methyl sites for hydroxylation is 1. The lowest BCUT2D eigenvalue weighted by molar-refractivity contribution is 0.103. The standard InChI is InChI=1S/C14H14N2O2S2/c1-8-3-6-12(20-8)14(17)16-10-5-4-9(13(15)19)7-11(10)18-2/h3-7H,1-2H3,(H2,15,19)(H,16,17). The van der Waals surface area contributed by atoms with Gasteiger partial charge in [-0.15, -0.1) is 11.3 Å². The number of methoxy groups -OCH3 is 1. The quantitative estimate of drug-likeness (QED) is 0.852. The minimum absolute atomic E-state index is 0.163. The molecule has 6 heteroatoms. The number of nitrogens with two attached hydrogens (primary N) is 1. The lowest BCUT2D eigenvalue weighted by Crippen LogP contribution is -2.13. The molecule has 1 aromatic carbocycles. The first-order valence-electron chi connectivity index (χ1n) is 5.87. The zero-order valence-corrected chi connectivity index (χ0v) is 12.7. The van der Waals surface area contributed by atoms with Crippen molar-refractivity contribution in [2.24, 2.45) is 5.73 Å². The second kappa shape index (κ2) is 6.02. The molecule has 3 N–H and O–H groups in total. The monoisotopic (exact) mass is 306 g/mol. The first kappa shape index (κ1) is 14.5. The summed E-state index contributed by atoms with van der Waals surface area (Å²) in [6, 6.07) is 8.89. The second-order valence-corrected chi connectivity index (χ2v) is 5.87. The molecule has 0 spiro atoms. The zero-order chi connectivity index (χ0) is 14.7. The minimum Gasteiger partial charge on any atom is -0.495 e. The van der Waals surface area contributed by atoms with Gasteiger partial charge in [0.15, 0.2) is 0 Å². The van der Waals surface area contributed by atoms with E-state index in [0.29, 0.717) is 21.9 Å². The lowest BCUT2D eigenvalue weighted by Gasteiger charge is -2.11. The van der Waals surface area contributed by atoms with E-state index in [1.807, 2.05) is 13.0 Å². The van der Waals surface area contributed by atoms with Gasteiger partial charge in [0.05, 0.1) is 17.7 Å². The van der Waals surface area contributed by atoms with Crippen molar-refractivity contribution in [1.82, 2.24) is 0 Å². The molecule has 20 heavy (non-hydrogen) atoms. The number of rotatable bonds is 4. The molecule has 1 aromatic heterocycles. The fraction of sp³-hybridized carbons (Fsp3) is 0.143. The van der Waals surface area contributed by atoms with Gasteiger partial charge >= 0.3 is 0 Å². The Balaban J connectivity index is 2.25. The van der Waals surface area contributed by atoms with Gasteiger partial charge in [0.2, 0.25) is 0 Å². The molecule has 0 unspecified atom stereocenters. The van der Waals surface area contributed by atoms with Crippen LogP contribution in [-0.4, -0.2) is 18.0 Å². The average Bonchev–Trinajstić information content (AvgIpc) is 2.85. The van der Waals surface area contributed by atoms with Gasteiger partial charge < -0.3 is 15.8 Å². The van der Waals surface area contributed by atoms with Crippen molar-refractivity contribution in [3.8, 4) is 5.75 Å². The zero-order valence-electron chi connectivity index (χ0n) is 11.1. The molecule has 0 aliphatic carbocycles. The van der Waals surface area contributed by atoms with Gasteiger partial charge in [-0.2, -0.15) is 0 Å². The maximum Gasteiger partial charge on any atom is 0.265 e. The molecule has 0 aliphatic heterocycles. The molecular formula is C14H14N2O2S2. The van der Waals surface area contributed by atoms with Crippen molar-refractivity contribution >= 4 is 40.1 Å². The molecule has 0 bridgehead atoms. The van der Waals surface area contributed by atoms with Crippen molar-refractivity contribution < 1.29 is 9.53 Å². The largest absolute Gasteiger partial charge is 0.495 e. The van der Waals surface area contributed by atoms with Crippen molar-refractivity contribution in [3.63, 3.8) is 0 Å². The highest BCUT2D eigenvalue weighted by Gasteiger charge is 2.12. The van der Waals surface area contributed by atoms with Crippen molar-refractivity contribution in [3.05, 3.63) is 45.6 Å². The highest BCUT2D eigenvalue weighted by Crippen LogP contribution is 2.27. The van der Waals surface area contributed by atoms with Crippen LogP contribution in [0.25, 0.3) is 0 Å².